The normalized spacial score (nSPS) is 10.7. The molecule has 15 heavy (non-hydrogen) atoms. The van der Waals surface area contributed by atoms with Crippen LogP contribution in [0.4, 0.5) is 8.78 Å². The van der Waals surface area contributed by atoms with Gasteiger partial charge in [0.05, 0.1) is 6.61 Å². The van der Waals surface area contributed by atoms with Gasteiger partial charge in [0, 0.05) is 30.2 Å². The maximum absolute atomic E-state index is 13.3. The minimum Gasteiger partial charge on any atom is -0.383 e. The Balaban J connectivity index is 2.60. The third kappa shape index (κ3) is 3.85. The fraction of sp³-hybridized carbons (Fsp3) is 0.400. The number of halogens is 3. The smallest absolute Gasteiger partial charge is 0.131 e. The Morgan fingerprint density at radius 1 is 1.33 bits per heavy atom. The van der Waals surface area contributed by atoms with Crippen molar-refractivity contribution in [2.75, 3.05) is 20.3 Å². The second-order valence-electron chi connectivity index (χ2n) is 3.02. The molecular weight excluding hydrogens is 268 g/mol. The number of rotatable bonds is 5. The van der Waals surface area contributed by atoms with E-state index in [2.05, 4.69) is 21.2 Å². The number of benzene rings is 1. The molecule has 1 rings (SSSR count). The number of methoxy groups -OCH3 is 1. The van der Waals surface area contributed by atoms with Crippen LogP contribution >= 0.6 is 15.9 Å². The molecular formula is C10H12BrF2NO. The van der Waals surface area contributed by atoms with E-state index in [9.17, 15) is 8.78 Å². The second-order valence-corrected chi connectivity index (χ2v) is 3.93. The number of nitrogens with one attached hydrogen (secondary N) is 1. The van der Waals surface area contributed by atoms with Crippen molar-refractivity contribution in [3.63, 3.8) is 0 Å². The molecule has 84 valence electrons. The van der Waals surface area contributed by atoms with Gasteiger partial charge in [0.15, 0.2) is 0 Å². The summed E-state index contributed by atoms with van der Waals surface area (Å²) in [5.74, 6) is -1.10. The van der Waals surface area contributed by atoms with E-state index in [0.29, 0.717) is 17.6 Å². The summed E-state index contributed by atoms with van der Waals surface area (Å²) < 4.78 is 31.8. The molecule has 0 fully saturated rings. The summed E-state index contributed by atoms with van der Waals surface area (Å²) in [5.41, 5.74) is 0.0503. The van der Waals surface area contributed by atoms with Crippen LogP contribution in [0.3, 0.4) is 0 Å². The van der Waals surface area contributed by atoms with E-state index in [0.717, 1.165) is 0 Å². The van der Waals surface area contributed by atoms with Crippen LogP contribution in [0.2, 0.25) is 0 Å². The molecule has 0 radical (unpaired) electrons. The molecule has 1 N–H and O–H groups in total. The van der Waals surface area contributed by atoms with Crippen molar-refractivity contribution in [3.8, 4) is 0 Å². The van der Waals surface area contributed by atoms with Gasteiger partial charge in [-0.25, -0.2) is 8.78 Å². The number of hydrogen-bond acceptors (Lipinski definition) is 2. The van der Waals surface area contributed by atoms with Gasteiger partial charge in [0.25, 0.3) is 0 Å². The quantitative estimate of drug-likeness (QED) is 0.837. The fourth-order valence-corrected chi connectivity index (χ4v) is 1.53. The van der Waals surface area contributed by atoms with Crippen molar-refractivity contribution in [1.29, 1.82) is 0 Å². The third-order valence-corrected chi connectivity index (χ3v) is 2.35. The van der Waals surface area contributed by atoms with Gasteiger partial charge in [0.2, 0.25) is 0 Å². The van der Waals surface area contributed by atoms with Gasteiger partial charge in [-0.15, -0.1) is 0 Å². The average molecular weight is 280 g/mol. The van der Waals surface area contributed by atoms with Crippen molar-refractivity contribution >= 4 is 15.9 Å². The van der Waals surface area contributed by atoms with Crippen LogP contribution in [0.5, 0.6) is 0 Å². The molecule has 0 saturated carbocycles. The van der Waals surface area contributed by atoms with Crippen LogP contribution in [0, 0.1) is 11.6 Å². The Bertz CT molecular complexity index is 310. The van der Waals surface area contributed by atoms with Crippen molar-refractivity contribution < 1.29 is 13.5 Å². The van der Waals surface area contributed by atoms with Crippen LogP contribution in [0.1, 0.15) is 5.56 Å². The van der Waals surface area contributed by atoms with Crippen LogP contribution in [-0.4, -0.2) is 20.3 Å². The lowest BCUT2D eigenvalue weighted by atomic mass is 10.2. The Hall–Kier alpha value is -0.520. The number of ether oxygens (including phenoxy) is 1. The zero-order chi connectivity index (χ0) is 11.3. The van der Waals surface area contributed by atoms with E-state index in [4.69, 9.17) is 4.74 Å². The molecule has 0 unspecified atom stereocenters. The van der Waals surface area contributed by atoms with Crippen molar-refractivity contribution in [2.45, 2.75) is 6.54 Å². The fourth-order valence-electron chi connectivity index (χ4n) is 1.13. The zero-order valence-electron chi connectivity index (χ0n) is 8.32. The van der Waals surface area contributed by atoms with Crippen molar-refractivity contribution in [1.82, 2.24) is 5.32 Å². The Labute approximate surface area is 95.8 Å². The summed E-state index contributed by atoms with van der Waals surface area (Å²) in [4.78, 5) is 0. The maximum Gasteiger partial charge on any atom is 0.131 e. The zero-order valence-corrected chi connectivity index (χ0v) is 9.90. The largest absolute Gasteiger partial charge is 0.383 e. The van der Waals surface area contributed by atoms with E-state index >= 15 is 0 Å². The molecule has 0 spiro atoms. The highest BCUT2D eigenvalue weighted by molar-refractivity contribution is 9.10. The Morgan fingerprint density at radius 2 is 1.93 bits per heavy atom. The van der Waals surface area contributed by atoms with E-state index in [1.165, 1.54) is 12.1 Å². The molecule has 0 heterocycles. The Kier molecular flexibility index (Phi) is 5.14. The first kappa shape index (κ1) is 12.5. The molecule has 2 nitrogen and oxygen atoms in total. The monoisotopic (exact) mass is 279 g/mol. The summed E-state index contributed by atoms with van der Waals surface area (Å²) in [6.07, 6.45) is 0. The SMILES string of the molecule is COCCNCc1c(F)cc(Br)cc1F. The lowest BCUT2D eigenvalue weighted by Crippen LogP contribution is -2.20. The lowest BCUT2D eigenvalue weighted by Gasteiger charge is -2.07. The van der Waals surface area contributed by atoms with E-state index in [1.807, 2.05) is 0 Å². The van der Waals surface area contributed by atoms with Gasteiger partial charge in [-0.05, 0) is 12.1 Å². The summed E-state index contributed by atoms with van der Waals surface area (Å²) in [6.45, 7) is 1.24. The average Bonchev–Trinajstić information content (AvgIpc) is 2.15. The summed E-state index contributed by atoms with van der Waals surface area (Å²) >= 11 is 3.02. The minimum absolute atomic E-state index is 0.0503. The predicted molar refractivity (Wildman–Crippen MR) is 57.6 cm³/mol. The van der Waals surface area contributed by atoms with Gasteiger partial charge in [-0.3, -0.25) is 0 Å². The van der Waals surface area contributed by atoms with Crippen molar-refractivity contribution in [2.24, 2.45) is 0 Å². The van der Waals surface area contributed by atoms with Gasteiger partial charge in [-0.2, -0.15) is 0 Å². The maximum atomic E-state index is 13.3. The minimum atomic E-state index is -0.549. The van der Waals surface area contributed by atoms with E-state index < -0.39 is 11.6 Å². The first-order valence-electron chi connectivity index (χ1n) is 4.48. The first-order chi connectivity index (χ1) is 7.15. The molecule has 1 aromatic rings. The standard InChI is InChI=1S/C10H12BrF2NO/c1-15-3-2-14-6-8-9(12)4-7(11)5-10(8)13/h4-5,14H,2-3,6H2,1H3. The molecule has 0 atom stereocenters. The summed E-state index contributed by atoms with van der Waals surface area (Å²) in [6, 6.07) is 2.49. The highest BCUT2D eigenvalue weighted by atomic mass is 79.9. The van der Waals surface area contributed by atoms with Gasteiger partial charge in [0.1, 0.15) is 11.6 Å². The summed E-state index contributed by atoms with van der Waals surface area (Å²) in [7, 11) is 1.57. The molecule has 0 saturated heterocycles. The molecule has 0 aromatic heterocycles. The molecule has 0 aliphatic carbocycles. The van der Waals surface area contributed by atoms with Gasteiger partial charge in [-0.1, -0.05) is 15.9 Å². The molecule has 5 heteroatoms. The highest BCUT2D eigenvalue weighted by Crippen LogP contribution is 2.19. The molecule has 0 aliphatic heterocycles. The van der Waals surface area contributed by atoms with E-state index in [1.54, 1.807) is 7.11 Å². The number of hydrogen-bond donors (Lipinski definition) is 1. The van der Waals surface area contributed by atoms with Crippen LogP contribution in [-0.2, 0) is 11.3 Å². The van der Waals surface area contributed by atoms with Crippen LogP contribution in [0.25, 0.3) is 0 Å². The highest BCUT2D eigenvalue weighted by Gasteiger charge is 2.09. The second kappa shape index (κ2) is 6.15. The summed E-state index contributed by atoms with van der Waals surface area (Å²) in [5, 5.41) is 2.88. The molecule has 0 bridgehead atoms. The third-order valence-electron chi connectivity index (χ3n) is 1.89. The molecule has 0 amide bonds. The molecule has 1 aromatic carbocycles. The predicted octanol–water partition coefficient (Wildman–Crippen LogP) is 2.46. The topological polar surface area (TPSA) is 21.3 Å². The van der Waals surface area contributed by atoms with Crippen LogP contribution in [0.15, 0.2) is 16.6 Å². The van der Waals surface area contributed by atoms with Gasteiger partial charge >= 0.3 is 0 Å². The van der Waals surface area contributed by atoms with Gasteiger partial charge < -0.3 is 10.1 Å². The Morgan fingerprint density at radius 3 is 2.47 bits per heavy atom. The van der Waals surface area contributed by atoms with Crippen molar-refractivity contribution in [3.05, 3.63) is 33.8 Å². The van der Waals surface area contributed by atoms with E-state index in [-0.39, 0.29) is 12.1 Å². The van der Waals surface area contributed by atoms with Crippen LogP contribution < -0.4 is 5.32 Å². The molecule has 0 aliphatic rings. The lowest BCUT2D eigenvalue weighted by molar-refractivity contribution is 0.199. The first-order valence-corrected chi connectivity index (χ1v) is 5.27.